The Morgan fingerprint density at radius 2 is 2.11 bits per heavy atom. The number of ether oxygens (including phenoxy) is 2. The molecule has 2 aliphatic rings. The first-order chi connectivity index (χ1) is 13.4. The first-order valence-corrected chi connectivity index (χ1v) is 10.2. The number of hydrogen-bond donors (Lipinski definition) is 1. The zero-order valence-corrected chi connectivity index (χ0v) is 17.6. The van der Waals surface area contributed by atoms with Crippen LogP contribution in [0.3, 0.4) is 0 Å². The van der Waals surface area contributed by atoms with Gasteiger partial charge < -0.3 is 24.6 Å². The maximum Gasteiger partial charge on any atom is 0.239 e. The Bertz CT molecular complexity index is 665. The minimum absolute atomic E-state index is 0.0223. The fraction of sp³-hybridized carbons (Fsp3) is 0.667. The molecule has 0 radical (unpaired) electrons. The smallest absolute Gasteiger partial charge is 0.239 e. The number of hydrogen-bond acceptors (Lipinski definition) is 6. The summed E-state index contributed by atoms with van der Waals surface area (Å²) in [5.41, 5.74) is 2.06. The highest BCUT2D eigenvalue weighted by molar-refractivity contribution is 5.82. The van der Waals surface area contributed by atoms with Gasteiger partial charge in [-0.15, -0.1) is 0 Å². The molecule has 1 atom stereocenters. The summed E-state index contributed by atoms with van der Waals surface area (Å²) in [6, 6.07) is 6.11. The lowest BCUT2D eigenvalue weighted by Gasteiger charge is -2.34. The second-order valence-electron chi connectivity index (χ2n) is 8.27. The third kappa shape index (κ3) is 5.52. The molecule has 7 heteroatoms. The van der Waals surface area contributed by atoms with Crippen LogP contribution < -0.4 is 19.9 Å². The van der Waals surface area contributed by atoms with Crippen molar-refractivity contribution in [2.24, 2.45) is 5.92 Å². The summed E-state index contributed by atoms with van der Waals surface area (Å²) in [6.07, 6.45) is 0.0658. The molecule has 28 heavy (non-hydrogen) atoms. The summed E-state index contributed by atoms with van der Waals surface area (Å²) in [4.78, 5) is 19.1. The van der Waals surface area contributed by atoms with E-state index in [1.807, 2.05) is 31.1 Å². The van der Waals surface area contributed by atoms with Gasteiger partial charge in [0.25, 0.3) is 0 Å². The molecule has 0 saturated carbocycles. The lowest BCUT2D eigenvalue weighted by molar-refractivity contribution is -0.121. The molecule has 1 aromatic rings. The van der Waals surface area contributed by atoms with Gasteiger partial charge in [-0.3, -0.25) is 9.69 Å². The molecule has 2 heterocycles. The van der Waals surface area contributed by atoms with E-state index in [2.05, 4.69) is 35.0 Å². The van der Waals surface area contributed by atoms with E-state index < -0.39 is 0 Å². The van der Waals surface area contributed by atoms with Gasteiger partial charge in [-0.05, 0) is 18.1 Å². The first kappa shape index (κ1) is 20.7. The molecule has 1 aromatic carbocycles. The number of benzene rings is 1. The van der Waals surface area contributed by atoms with E-state index >= 15 is 0 Å². The molecule has 7 nitrogen and oxygen atoms in total. The minimum Gasteiger partial charge on any atom is -0.489 e. The predicted molar refractivity (Wildman–Crippen MR) is 113 cm³/mol. The Morgan fingerprint density at radius 1 is 1.29 bits per heavy atom. The molecule has 0 aliphatic carbocycles. The average molecular weight is 391 g/mol. The van der Waals surface area contributed by atoms with Crippen molar-refractivity contribution in [3.63, 3.8) is 0 Å². The summed E-state index contributed by atoms with van der Waals surface area (Å²) in [5.74, 6) is 1.50. The number of carbonyl (C=O) groups is 1. The van der Waals surface area contributed by atoms with Gasteiger partial charge in [-0.1, -0.05) is 13.8 Å². The normalized spacial score (nSPS) is 19.9. The molecule has 3 rings (SSSR count). The highest BCUT2D eigenvalue weighted by Gasteiger charge is 2.23. The number of amides is 1. The molecule has 1 N–H and O–H groups in total. The topological polar surface area (TPSA) is 57.3 Å². The maximum atomic E-state index is 12.5. The Kier molecular flexibility index (Phi) is 7.02. The van der Waals surface area contributed by atoms with Gasteiger partial charge in [0.05, 0.1) is 31.5 Å². The number of nitrogens with one attached hydrogen (secondary N) is 1. The van der Waals surface area contributed by atoms with E-state index in [-0.39, 0.29) is 12.0 Å². The third-order valence-corrected chi connectivity index (χ3v) is 5.13. The number of rotatable bonds is 7. The lowest BCUT2D eigenvalue weighted by Crippen LogP contribution is -2.49. The van der Waals surface area contributed by atoms with Crippen LogP contribution >= 0.6 is 0 Å². The molecule has 0 aromatic heterocycles. The quantitative estimate of drug-likeness (QED) is 0.760. The van der Waals surface area contributed by atoms with Crippen LogP contribution in [-0.2, 0) is 9.53 Å². The van der Waals surface area contributed by atoms with Crippen LogP contribution in [0.5, 0.6) is 5.75 Å². The van der Waals surface area contributed by atoms with Crippen LogP contribution in [0.25, 0.3) is 0 Å². The van der Waals surface area contributed by atoms with Crippen LogP contribution in [0.4, 0.5) is 11.4 Å². The van der Waals surface area contributed by atoms with Crippen molar-refractivity contribution >= 4 is 17.3 Å². The second-order valence-corrected chi connectivity index (χ2v) is 8.27. The van der Waals surface area contributed by atoms with Gasteiger partial charge in [0.2, 0.25) is 5.91 Å². The Hall–Kier alpha value is -1.99. The van der Waals surface area contributed by atoms with Crippen LogP contribution in [0.15, 0.2) is 18.2 Å². The number of fused-ring (bicyclic) bond motifs is 1. The minimum atomic E-state index is 0.0223. The summed E-state index contributed by atoms with van der Waals surface area (Å²) in [7, 11) is 4.01. The van der Waals surface area contributed by atoms with Crippen molar-refractivity contribution in [2.75, 3.05) is 76.4 Å². The molecule has 156 valence electrons. The first-order valence-electron chi connectivity index (χ1n) is 10.2. The molecule has 1 fully saturated rings. The van der Waals surface area contributed by atoms with Crippen molar-refractivity contribution in [1.82, 2.24) is 10.2 Å². The number of nitrogens with zero attached hydrogens (tertiary/aromatic N) is 3. The van der Waals surface area contributed by atoms with Crippen molar-refractivity contribution < 1.29 is 14.3 Å². The van der Waals surface area contributed by atoms with Gasteiger partial charge in [-0.25, -0.2) is 0 Å². The molecule has 1 amide bonds. The fourth-order valence-electron chi connectivity index (χ4n) is 3.75. The highest BCUT2D eigenvalue weighted by Crippen LogP contribution is 2.34. The number of anilines is 2. The zero-order valence-electron chi connectivity index (χ0n) is 17.6. The van der Waals surface area contributed by atoms with E-state index in [1.54, 1.807) is 0 Å². The standard InChI is InChI=1S/C21H34N4O3/c1-16(2)13-24-7-9-27-18(14-24)12-22-21(26)15-25-8-10-28-20-11-17(23(3)4)5-6-19(20)25/h5-6,11,16,18H,7-10,12-15H2,1-4H3,(H,22,26). The van der Waals surface area contributed by atoms with Crippen molar-refractivity contribution in [3.05, 3.63) is 18.2 Å². The lowest BCUT2D eigenvalue weighted by atomic mass is 10.2. The second kappa shape index (κ2) is 9.47. The van der Waals surface area contributed by atoms with E-state index in [0.717, 1.165) is 43.4 Å². The molecular formula is C21H34N4O3. The van der Waals surface area contributed by atoms with Crippen molar-refractivity contribution in [2.45, 2.75) is 20.0 Å². The average Bonchev–Trinajstić information content (AvgIpc) is 2.66. The Morgan fingerprint density at radius 3 is 2.86 bits per heavy atom. The van der Waals surface area contributed by atoms with Gasteiger partial charge >= 0.3 is 0 Å². The van der Waals surface area contributed by atoms with E-state index in [4.69, 9.17) is 9.47 Å². The highest BCUT2D eigenvalue weighted by atomic mass is 16.5. The van der Waals surface area contributed by atoms with Gasteiger partial charge in [0.15, 0.2) is 0 Å². The van der Waals surface area contributed by atoms with Crippen LogP contribution in [0, 0.1) is 5.92 Å². The van der Waals surface area contributed by atoms with E-state index in [1.165, 1.54) is 0 Å². The number of morpholine rings is 1. The SMILES string of the molecule is CC(C)CN1CCOC(CNC(=O)CN2CCOc3cc(N(C)C)ccc32)C1. The maximum absolute atomic E-state index is 12.5. The summed E-state index contributed by atoms with van der Waals surface area (Å²) < 4.78 is 11.6. The van der Waals surface area contributed by atoms with Gasteiger partial charge in [0.1, 0.15) is 12.4 Å². The van der Waals surface area contributed by atoms with Crippen molar-refractivity contribution in [1.29, 1.82) is 0 Å². The molecular weight excluding hydrogens is 356 g/mol. The molecule has 1 unspecified atom stereocenters. The Labute approximate surface area is 168 Å². The molecule has 1 saturated heterocycles. The molecule has 0 bridgehead atoms. The van der Waals surface area contributed by atoms with Gasteiger partial charge in [-0.2, -0.15) is 0 Å². The van der Waals surface area contributed by atoms with E-state index in [0.29, 0.717) is 32.2 Å². The summed E-state index contributed by atoms with van der Waals surface area (Å²) in [6.45, 7) is 10.3. The van der Waals surface area contributed by atoms with Gasteiger partial charge in [0, 0.05) is 52.0 Å². The third-order valence-electron chi connectivity index (χ3n) is 5.13. The van der Waals surface area contributed by atoms with Crippen LogP contribution in [-0.4, -0.2) is 83.5 Å². The fourth-order valence-corrected chi connectivity index (χ4v) is 3.75. The largest absolute Gasteiger partial charge is 0.489 e. The summed E-state index contributed by atoms with van der Waals surface area (Å²) >= 11 is 0. The number of carbonyl (C=O) groups excluding carboxylic acids is 1. The predicted octanol–water partition coefficient (Wildman–Crippen LogP) is 1.42. The molecule has 0 spiro atoms. The monoisotopic (exact) mass is 390 g/mol. The van der Waals surface area contributed by atoms with Crippen molar-refractivity contribution in [3.8, 4) is 5.75 Å². The molecule has 2 aliphatic heterocycles. The van der Waals surface area contributed by atoms with E-state index in [9.17, 15) is 4.79 Å². The van der Waals surface area contributed by atoms with Crippen LogP contribution in [0.1, 0.15) is 13.8 Å². The summed E-state index contributed by atoms with van der Waals surface area (Å²) in [5, 5.41) is 3.05. The zero-order chi connectivity index (χ0) is 20.1. The van der Waals surface area contributed by atoms with Crippen LogP contribution in [0.2, 0.25) is 0 Å². The Balaban J connectivity index is 1.50.